The number of nitriles is 2. The number of piperidine rings is 1. The van der Waals surface area contributed by atoms with Crippen molar-refractivity contribution in [3.8, 4) is 23.3 Å². The number of fused-ring (bicyclic) bond motifs is 1. The Bertz CT molecular complexity index is 1600. The number of pyridine rings is 2. The number of rotatable bonds is 5. The molecule has 0 unspecified atom stereocenters. The van der Waals surface area contributed by atoms with Crippen LogP contribution in [-0.4, -0.2) is 58.0 Å². The number of hydrogen-bond donors (Lipinski definition) is 3. The largest absolute Gasteiger partial charge is 0.390 e. The molecule has 0 amide bonds. The zero-order valence-corrected chi connectivity index (χ0v) is 19.8. The Hall–Kier alpha value is -4.29. The summed E-state index contributed by atoms with van der Waals surface area (Å²) >= 11 is 0. The average molecular weight is 500 g/mol. The molecule has 1 fully saturated rings. The lowest BCUT2D eigenvalue weighted by atomic mass is 10.0. The van der Waals surface area contributed by atoms with Crippen LogP contribution in [0.15, 0.2) is 66.0 Å². The normalized spacial score (nSPS) is 18.4. The highest BCUT2D eigenvalue weighted by Crippen LogP contribution is 2.28. The molecule has 0 radical (unpaired) electrons. The average Bonchev–Trinajstić information content (AvgIpc) is 3.32. The Labute approximate surface area is 207 Å². The Morgan fingerprint density at radius 2 is 1.86 bits per heavy atom. The van der Waals surface area contributed by atoms with Crippen LogP contribution < -0.4 is 5.32 Å². The number of sulfonamides is 1. The van der Waals surface area contributed by atoms with Crippen LogP contribution in [0.1, 0.15) is 17.5 Å². The van der Waals surface area contributed by atoms with Crippen molar-refractivity contribution in [3.63, 3.8) is 0 Å². The first-order valence-corrected chi connectivity index (χ1v) is 12.6. The number of nitrogens with one attached hydrogen (secondary N) is 2. The molecule has 4 heterocycles. The summed E-state index contributed by atoms with van der Waals surface area (Å²) in [4.78, 5) is 11.6. The van der Waals surface area contributed by atoms with Gasteiger partial charge in [0.15, 0.2) is 0 Å². The van der Waals surface area contributed by atoms with E-state index in [9.17, 15) is 18.8 Å². The van der Waals surface area contributed by atoms with Gasteiger partial charge in [0.05, 0.1) is 28.2 Å². The molecular formula is C25H21N7O3S. The van der Waals surface area contributed by atoms with Crippen molar-refractivity contribution >= 4 is 26.9 Å². The van der Waals surface area contributed by atoms with E-state index >= 15 is 0 Å². The van der Waals surface area contributed by atoms with Gasteiger partial charge in [0.2, 0.25) is 10.0 Å². The molecule has 180 valence electrons. The fourth-order valence-electron chi connectivity index (χ4n) is 4.25. The van der Waals surface area contributed by atoms with Crippen LogP contribution in [0.3, 0.4) is 0 Å². The SMILES string of the molecule is N#Cc1ccc(N[C@@H]2CCN(S(=O)(=O)c3ccc(-c4cnc5[nH]cc(C#N)c5c4)cc3)C[C@@H]2O)nc1. The molecular weight excluding hydrogens is 478 g/mol. The van der Waals surface area contributed by atoms with Crippen LogP contribution in [0.2, 0.25) is 0 Å². The number of aliphatic hydroxyl groups is 1. The summed E-state index contributed by atoms with van der Waals surface area (Å²) in [5, 5.41) is 32.6. The van der Waals surface area contributed by atoms with Crippen molar-refractivity contribution in [2.45, 2.75) is 23.5 Å². The number of aliphatic hydroxyl groups excluding tert-OH is 1. The third-order valence-corrected chi connectivity index (χ3v) is 8.13. The van der Waals surface area contributed by atoms with E-state index in [1.165, 1.54) is 22.6 Å². The van der Waals surface area contributed by atoms with Gasteiger partial charge < -0.3 is 15.4 Å². The number of hydrogen-bond acceptors (Lipinski definition) is 8. The van der Waals surface area contributed by atoms with Gasteiger partial charge in [-0.3, -0.25) is 0 Å². The van der Waals surface area contributed by atoms with E-state index in [1.807, 2.05) is 12.1 Å². The molecule has 10 nitrogen and oxygen atoms in total. The van der Waals surface area contributed by atoms with E-state index < -0.39 is 16.1 Å². The number of nitrogens with zero attached hydrogens (tertiary/aromatic N) is 5. The highest BCUT2D eigenvalue weighted by atomic mass is 32.2. The minimum atomic E-state index is -3.81. The van der Waals surface area contributed by atoms with Crippen molar-refractivity contribution in [2.24, 2.45) is 0 Å². The zero-order valence-electron chi connectivity index (χ0n) is 19.0. The standard InChI is InChI=1S/C25H21N7O3S/c26-10-16-1-6-24(28-12-16)31-22-7-8-32(15-23(22)33)36(34,35)20-4-2-17(3-5-20)18-9-21-19(11-27)14-30-25(21)29-13-18/h1-6,9,12-14,22-23,33H,7-8,15H2,(H,28,31)(H,29,30)/t22-,23+/m1/s1. The van der Waals surface area contributed by atoms with E-state index in [1.54, 1.807) is 36.7 Å². The first kappa shape index (κ1) is 23.5. The summed E-state index contributed by atoms with van der Waals surface area (Å²) in [6.45, 7) is 0.184. The summed E-state index contributed by atoms with van der Waals surface area (Å²) in [6.07, 6.45) is 4.17. The van der Waals surface area contributed by atoms with Gasteiger partial charge in [-0.25, -0.2) is 18.4 Å². The molecule has 1 aliphatic heterocycles. The second kappa shape index (κ2) is 9.40. The lowest BCUT2D eigenvalue weighted by Gasteiger charge is -2.35. The van der Waals surface area contributed by atoms with Crippen molar-refractivity contribution in [3.05, 3.63) is 72.2 Å². The molecule has 36 heavy (non-hydrogen) atoms. The van der Waals surface area contributed by atoms with Gasteiger partial charge in [0, 0.05) is 42.6 Å². The summed E-state index contributed by atoms with van der Waals surface area (Å²) in [6, 6.07) is 15.4. The monoisotopic (exact) mass is 499 g/mol. The van der Waals surface area contributed by atoms with E-state index in [0.29, 0.717) is 34.4 Å². The van der Waals surface area contributed by atoms with Gasteiger partial charge in [-0.2, -0.15) is 14.8 Å². The second-order valence-corrected chi connectivity index (χ2v) is 10.4. The van der Waals surface area contributed by atoms with Crippen molar-refractivity contribution in [2.75, 3.05) is 18.4 Å². The van der Waals surface area contributed by atoms with Crippen molar-refractivity contribution in [1.82, 2.24) is 19.3 Å². The highest BCUT2D eigenvalue weighted by molar-refractivity contribution is 7.89. The molecule has 11 heteroatoms. The van der Waals surface area contributed by atoms with Crippen molar-refractivity contribution < 1.29 is 13.5 Å². The van der Waals surface area contributed by atoms with Crippen LogP contribution in [0.25, 0.3) is 22.2 Å². The maximum atomic E-state index is 13.2. The predicted molar refractivity (Wildman–Crippen MR) is 132 cm³/mol. The maximum Gasteiger partial charge on any atom is 0.243 e. The van der Waals surface area contributed by atoms with Gasteiger partial charge in [-0.05, 0) is 42.3 Å². The van der Waals surface area contributed by atoms with E-state index in [0.717, 1.165) is 11.1 Å². The fourth-order valence-corrected chi connectivity index (χ4v) is 5.72. The molecule has 3 N–H and O–H groups in total. The fraction of sp³-hybridized carbons (Fsp3) is 0.200. The smallest absolute Gasteiger partial charge is 0.243 e. The van der Waals surface area contributed by atoms with E-state index in [4.69, 9.17) is 5.26 Å². The van der Waals surface area contributed by atoms with E-state index in [2.05, 4.69) is 26.3 Å². The third-order valence-electron chi connectivity index (χ3n) is 6.25. The first-order chi connectivity index (χ1) is 17.4. The number of β-amino-alcohol motifs (C(OH)–C–C–N with tert-alkyl or cyclic N) is 1. The molecule has 0 saturated carbocycles. The number of aromatic amines is 1. The molecule has 1 aromatic carbocycles. The van der Waals surface area contributed by atoms with Crippen LogP contribution in [0.4, 0.5) is 5.82 Å². The van der Waals surface area contributed by atoms with E-state index in [-0.39, 0.29) is 24.0 Å². The number of aromatic nitrogens is 3. The lowest BCUT2D eigenvalue weighted by molar-refractivity contribution is 0.0949. The Morgan fingerprint density at radius 3 is 2.53 bits per heavy atom. The first-order valence-electron chi connectivity index (χ1n) is 11.2. The van der Waals surface area contributed by atoms with Gasteiger partial charge in [0.25, 0.3) is 0 Å². The van der Waals surface area contributed by atoms with Gasteiger partial charge in [0.1, 0.15) is 23.6 Å². The second-order valence-electron chi connectivity index (χ2n) is 8.47. The number of anilines is 1. The molecule has 1 aliphatic rings. The Kier molecular flexibility index (Phi) is 6.12. The van der Waals surface area contributed by atoms with Gasteiger partial charge in [-0.15, -0.1) is 0 Å². The minimum Gasteiger partial charge on any atom is -0.390 e. The number of benzene rings is 1. The molecule has 2 atom stereocenters. The molecule has 5 rings (SSSR count). The summed E-state index contributed by atoms with van der Waals surface area (Å²) in [5.41, 5.74) is 3.07. The van der Waals surface area contributed by atoms with Crippen LogP contribution >= 0.6 is 0 Å². The topological polar surface area (TPSA) is 159 Å². The van der Waals surface area contributed by atoms with Gasteiger partial charge >= 0.3 is 0 Å². The highest BCUT2D eigenvalue weighted by Gasteiger charge is 2.34. The molecule has 0 bridgehead atoms. The molecule has 4 aromatic rings. The summed E-state index contributed by atoms with van der Waals surface area (Å²) in [7, 11) is -3.81. The summed E-state index contributed by atoms with van der Waals surface area (Å²) < 4.78 is 27.8. The van der Waals surface area contributed by atoms with Crippen LogP contribution in [0, 0.1) is 22.7 Å². The Morgan fingerprint density at radius 1 is 1.06 bits per heavy atom. The quantitative estimate of drug-likeness (QED) is 0.378. The Balaban J connectivity index is 1.29. The zero-order chi connectivity index (χ0) is 25.3. The summed E-state index contributed by atoms with van der Waals surface area (Å²) in [5.74, 6) is 0.513. The van der Waals surface area contributed by atoms with Crippen molar-refractivity contribution in [1.29, 1.82) is 10.5 Å². The molecule has 1 saturated heterocycles. The molecule has 3 aromatic heterocycles. The predicted octanol–water partition coefficient (Wildman–Crippen LogP) is 2.60. The van der Waals surface area contributed by atoms with Gasteiger partial charge in [-0.1, -0.05) is 12.1 Å². The molecule has 0 spiro atoms. The number of H-pyrrole nitrogens is 1. The lowest BCUT2D eigenvalue weighted by Crippen LogP contribution is -2.51. The minimum absolute atomic E-state index is 0.0525. The molecule has 0 aliphatic carbocycles. The third kappa shape index (κ3) is 4.39. The maximum absolute atomic E-state index is 13.2. The van der Waals surface area contributed by atoms with Crippen LogP contribution in [0.5, 0.6) is 0 Å². The van der Waals surface area contributed by atoms with Crippen LogP contribution in [-0.2, 0) is 10.0 Å².